The van der Waals surface area contributed by atoms with Crippen LogP contribution < -0.4 is 5.73 Å². The zero-order valence-corrected chi connectivity index (χ0v) is 11.6. The molecule has 21 heavy (non-hydrogen) atoms. The zero-order valence-electron chi connectivity index (χ0n) is 11.6. The minimum atomic E-state index is -1.000. The van der Waals surface area contributed by atoms with Crippen LogP contribution >= 0.6 is 0 Å². The van der Waals surface area contributed by atoms with Crippen LogP contribution in [0.25, 0.3) is 16.6 Å². The summed E-state index contributed by atoms with van der Waals surface area (Å²) < 4.78 is 1.59. The van der Waals surface area contributed by atoms with Gasteiger partial charge in [-0.15, -0.1) is 0 Å². The first-order valence-electron chi connectivity index (χ1n) is 6.72. The number of carbonyl (C=O) groups is 1. The first kappa shape index (κ1) is 13.2. The monoisotopic (exact) mass is 281 g/mol. The van der Waals surface area contributed by atoms with Crippen molar-refractivity contribution in [3.05, 3.63) is 53.6 Å². The van der Waals surface area contributed by atoms with E-state index in [-0.39, 0.29) is 5.56 Å². The fourth-order valence-electron chi connectivity index (χ4n) is 2.52. The summed E-state index contributed by atoms with van der Waals surface area (Å²) in [6.45, 7) is 2.01. The van der Waals surface area contributed by atoms with Crippen molar-refractivity contribution in [1.29, 1.82) is 0 Å². The summed E-state index contributed by atoms with van der Waals surface area (Å²) in [5, 5.41) is 14.5. The quantitative estimate of drug-likeness (QED) is 0.773. The number of hydrogen-bond acceptors (Lipinski definition) is 3. The maximum atomic E-state index is 11.4. The van der Waals surface area contributed by atoms with E-state index in [9.17, 15) is 9.90 Å². The van der Waals surface area contributed by atoms with E-state index >= 15 is 0 Å². The first-order chi connectivity index (χ1) is 10.1. The molecule has 1 aromatic heterocycles. The predicted octanol–water partition coefficient (Wildman–Crippen LogP) is 2.87. The van der Waals surface area contributed by atoms with Crippen molar-refractivity contribution in [3.8, 4) is 5.69 Å². The Morgan fingerprint density at radius 3 is 2.57 bits per heavy atom. The van der Waals surface area contributed by atoms with Gasteiger partial charge in [0.15, 0.2) is 0 Å². The van der Waals surface area contributed by atoms with Gasteiger partial charge < -0.3 is 10.8 Å². The van der Waals surface area contributed by atoms with E-state index in [4.69, 9.17) is 5.73 Å². The third-order valence-electron chi connectivity index (χ3n) is 3.56. The normalized spacial score (nSPS) is 10.9. The van der Waals surface area contributed by atoms with Gasteiger partial charge >= 0.3 is 5.97 Å². The van der Waals surface area contributed by atoms with E-state index in [2.05, 4.69) is 5.10 Å². The Bertz CT molecular complexity index is 822. The van der Waals surface area contributed by atoms with Gasteiger partial charge in [0.2, 0.25) is 0 Å². The van der Waals surface area contributed by atoms with Crippen LogP contribution in [-0.2, 0) is 6.42 Å². The van der Waals surface area contributed by atoms with E-state index in [1.54, 1.807) is 16.8 Å². The Morgan fingerprint density at radius 1 is 1.24 bits per heavy atom. The molecule has 0 saturated carbocycles. The second-order valence-corrected chi connectivity index (χ2v) is 4.79. The molecule has 2 aromatic carbocycles. The first-order valence-corrected chi connectivity index (χ1v) is 6.72. The Labute approximate surface area is 121 Å². The number of nitrogen functional groups attached to an aromatic ring is 1. The molecular weight excluding hydrogens is 266 g/mol. The van der Waals surface area contributed by atoms with Crippen LogP contribution in [0, 0.1) is 0 Å². The summed E-state index contributed by atoms with van der Waals surface area (Å²) in [7, 11) is 0. The molecule has 0 fully saturated rings. The number of carboxylic acid groups (broad SMARTS) is 1. The van der Waals surface area contributed by atoms with E-state index in [1.807, 2.05) is 37.3 Å². The van der Waals surface area contributed by atoms with Crippen LogP contribution in [0.1, 0.15) is 22.8 Å². The highest BCUT2D eigenvalue weighted by molar-refractivity contribution is 6.06. The molecule has 3 aromatic rings. The van der Waals surface area contributed by atoms with E-state index in [0.717, 1.165) is 23.1 Å². The van der Waals surface area contributed by atoms with Crippen molar-refractivity contribution < 1.29 is 9.90 Å². The standard InChI is InChI=1S/C16H15N3O2/c1-2-10-8-9-12(16(20)21)14-13(10)15(17)19(18-14)11-6-4-3-5-7-11/h3-9H,2,17H2,1H3,(H,20,21). The summed E-state index contributed by atoms with van der Waals surface area (Å²) >= 11 is 0. The Morgan fingerprint density at radius 2 is 1.95 bits per heavy atom. The molecule has 5 nitrogen and oxygen atoms in total. The van der Waals surface area contributed by atoms with Crippen LogP contribution in [0.2, 0.25) is 0 Å². The van der Waals surface area contributed by atoms with Crippen LogP contribution in [0.15, 0.2) is 42.5 Å². The number of aromatic carboxylic acids is 1. The molecule has 0 aliphatic rings. The average molecular weight is 281 g/mol. The highest BCUT2D eigenvalue weighted by Gasteiger charge is 2.19. The average Bonchev–Trinajstić information content (AvgIpc) is 2.85. The second kappa shape index (κ2) is 4.94. The summed E-state index contributed by atoms with van der Waals surface area (Å²) in [6.07, 6.45) is 0.765. The molecule has 0 radical (unpaired) electrons. The molecule has 0 amide bonds. The minimum Gasteiger partial charge on any atom is -0.478 e. The maximum absolute atomic E-state index is 11.4. The Balaban J connectivity index is 2.37. The molecule has 0 unspecified atom stereocenters. The summed E-state index contributed by atoms with van der Waals surface area (Å²) in [6, 6.07) is 12.8. The molecule has 0 bridgehead atoms. The third kappa shape index (κ3) is 2.03. The fourth-order valence-corrected chi connectivity index (χ4v) is 2.52. The lowest BCUT2D eigenvalue weighted by atomic mass is 10.0. The molecule has 0 spiro atoms. The lowest BCUT2D eigenvalue weighted by Gasteiger charge is -2.04. The van der Waals surface area contributed by atoms with Gasteiger partial charge in [-0.1, -0.05) is 31.2 Å². The Hall–Kier alpha value is -2.82. The number of carboxylic acids is 1. The van der Waals surface area contributed by atoms with Crippen molar-refractivity contribution >= 4 is 22.7 Å². The number of rotatable bonds is 3. The van der Waals surface area contributed by atoms with E-state index in [1.165, 1.54) is 0 Å². The highest BCUT2D eigenvalue weighted by atomic mass is 16.4. The number of para-hydroxylation sites is 1. The lowest BCUT2D eigenvalue weighted by Crippen LogP contribution is -2.01. The lowest BCUT2D eigenvalue weighted by molar-refractivity contribution is 0.0699. The topological polar surface area (TPSA) is 81.1 Å². The molecule has 3 rings (SSSR count). The van der Waals surface area contributed by atoms with Crippen LogP contribution in [0.5, 0.6) is 0 Å². The van der Waals surface area contributed by atoms with Gasteiger partial charge in [-0.3, -0.25) is 0 Å². The van der Waals surface area contributed by atoms with E-state index in [0.29, 0.717) is 11.3 Å². The number of nitrogens with zero attached hydrogens (tertiary/aromatic N) is 2. The SMILES string of the molecule is CCc1ccc(C(=O)O)c2nn(-c3ccccc3)c(N)c12. The summed E-state index contributed by atoms with van der Waals surface area (Å²) in [4.78, 5) is 11.4. The molecule has 0 atom stereocenters. The molecule has 0 saturated heterocycles. The number of hydrogen-bond donors (Lipinski definition) is 2. The molecule has 0 aliphatic carbocycles. The third-order valence-corrected chi connectivity index (χ3v) is 3.56. The van der Waals surface area contributed by atoms with Crippen LogP contribution in [0.3, 0.4) is 0 Å². The number of fused-ring (bicyclic) bond motifs is 1. The fraction of sp³-hybridized carbons (Fsp3) is 0.125. The molecule has 3 N–H and O–H groups in total. The number of aromatic nitrogens is 2. The van der Waals surface area contributed by atoms with Crippen molar-refractivity contribution in [2.45, 2.75) is 13.3 Å². The van der Waals surface area contributed by atoms with Gasteiger partial charge in [0.25, 0.3) is 0 Å². The molecule has 106 valence electrons. The van der Waals surface area contributed by atoms with Crippen LogP contribution in [0.4, 0.5) is 5.82 Å². The Kier molecular flexibility index (Phi) is 3.10. The van der Waals surface area contributed by atoms with Gasteiger partial charge in [-0.2, -0.15) is 5.10 Å². The van der Waals surface area contributed by atoms with Gasteiger partial charge in [-0.25, -0.2) is 9.48 Å². The minimum absolute atomic E-state index is 0.170. The van der Waals surface area contributed by atoms with Gasteiger partial charge in [0.05, 0.1) is 11.3 Å². The zero-order chi connectivity index (χ0) is 15.0. The second-order valence-electron chi connectivity index (χ2n) is 4.79. The molecule has 5 heteroatoms. The van der Waals surface area contributed by atoms with Crippen molar-refractivity contribution in [2.24, 2.45) is 0 Å². The van der Waals surface area contributed by atoms with Crippen LogP contribution in [-0.4, -0.2) is 20.9 Å². The molecular formula is C16H15N3O2. The number of aryl methyl sites for hydroxylation is 1. The smallest absolute Gasteiger partial charge is 0.337 e. The van der Waals surface area contributed by atoms with Crippen molar-refractivity contribution in [3.63, 3.8) is 0 Å². The van der Waals surface area contributed by atoms with Gasteiger partial charge in [-0.05, 0) is 30.2 Å². The van der Waals surface area contributed by atoms with Crippen molar-refractivity contribution in [2.75, 3.05) is 5.73 Å². The number of anilines is 1. The summed E-state index contributed by atoms with van der Waals surface area (Å²) in [5.74, 6) is -0.531. The molecule has 0 aliphatic heterocycles. The number of nitrogens with two attached hydrogens (primary N) is 1. The predicted molar refractivity (Wildman–Crippen MR) is 81.8 cm³/mol. The molecule has 1 heterocycles. The van der Waals surface area contributed by atoms with Gasteiger partial charge in [0.1, 0.15) is 11.3 Å². The largest absolute Gasteiger partial charge is 0.478 e. The number of benzene rings is 2. The highest BCUT2D eigenvalue weighted by Crippen LogP contribution is 2.30. The van der Waals surface area contributed by atoms with Gasteiger partial charge in [0, 0.05) is 5.39 Å². The van der Waals surface area contributed by atoms with E-state index < -0.39 is 5.97 Å². The summed E-state index contributed by atoms with van der Waals surface area (Å²) in [5.41, 5.74) is 8.63. The maximum Gasteiger partial charge on any atom is 0.337 e. The van der Waals surface area contributed by atoms with Crippen molar-refractivity contribution in [1.82, 2.24) is 9.78 Å².